The van der Waals surface area contributed by atoms with Gasteiger partial charge in [-0.3, -0.25) is 9.59 Å². The molecule has 0 fully saturated rings. The fourth-order valence-corrected chi connectivity index (χ4v) is 1.77. The topological polar surface area (TPSA) is 57.6 Å². The second kappa shape index (κ2) is 4.80. The minimum atomic E-state index is -1.42. The molecule has 0 heterocycles. The number of nitrogens with zero attached hydrogens (tertiary/aromatic N) is 1. The summed E-state index contributed by atoms with van der Waals surface area (Å²) in [6.45, 7) is 6.71. The molecule has 0 spiro atoms. The molecule has 0 saturated heterocycles. The third-order valence-corrected chi connectivity index (χ3v) is 2.97. The lowest BCUT2D eigenvalue weighted by atomic mass is 9.91. The number of aryl methyl sites for hydroxylation is 2. The second-order valence-electron chi connectivity index (χ2n) is 5.14. The number of aliphatic carboxylic acids is 1. The van der Waals surface area contributed by atoms with E-state index in [1.807, 2.05) is 32.0 Å². The maximum absolute atomic E-state index is 12.2. The van der Waals surface area contributed by atoms with E-state index in [0.29, 0.717) is 5.69 Å². The number of hydrogen-bond acceptors (Lipinski definition) is 2. The van der Waals surface area contributed by atoms with Gasteiger partial charge in [-0.25, -0.2) is 0 Å². The van der Waals surface area contributed by atoms with Crippen LogP contribution in [0.25, 0.3) is 0 Å². The molecule has 1 N–H and O–H groups in total. The minimum absolute atomic E-state index is 0.431. The molecule has 0 aliphatic heterocycles. The Bertz CT molecular complexity index is 472. The molecule has 0 unspecified atom stereocenters. The van der Waals surface area contributed by atoms with Crippen LogP contribution in [0.15, 0.2) is 18.2 Å². The molecule has 0 bridgehead atoms. The Morgan fingerprint density at radius 2 is 1.56 bits per heavy atom. The highest BCUT2D eigenvalue weighted by Crippen LogP contribution is 2.24. The zero-order chi connectivity index (χ0) is 14.1. The number of carboxylic acids is 1. The molecule has 0 aliphatic carbocycles. The van der Waals surface area contributed by atoms with Gasteiger partial charge in [0.1, 0.15) is 5.41 Å². The van der Waals surface area contributed by atoms with Crippen LogP contribution >= 0.6 is 0 Å². The highest BCUT2D eigenvalue weighted by molar-refractivity contribution is 6.08. The third kappa shape index (κ3) is 2.70. The Hall–Kier alpha value is -1.84. The minimum Gasteiger partial charge on any atom is -0.480 e. The van der Waals surface area contributed by atoms with Crippen molar-refractivity contribution >= 4 is 17.6 Å². The predicted molar refractivity (Wildman–Crippen MR) is 70.7 cm³/mol. The molecule has 1 aromatic rings. The van der Waals surface area contributed by atoms with Crippen molar-refractivity contribution in [3.63, 3.8) is 0 Å². The van der Waals surface area contributed by atoms with Crippen LogP contribution in [0, 0.1) is 19.3 Å². The van der Waals surface area contributed by atoms with Gasteiger partial charge in [0.15, 0.2) is 0 Å². The summed E-state index contributed by atoms with van der Waals surface area (Å²) >= 11 is 0. The van der Waals surface area contributed by atoms with E-state index >= 15 is 0 Å². The van der Waals surface area contributed by atoms with Gasteiger partial charge in [-0.15, -0.1) is 0 Å². The number of anilines is 1. The molecule has 1 amide bonds. The van der Waals surface area contributed by atoms with Crippen LogP contribution in [-0.4, -0.2) is 24.0 Å². The number of benzene rings is 1. The largest absolute Gasteiger partial charge is 0.480 e. The average molecular weight is 249 g/mol. The predicted octanol–water partition coefficient (Wildman–Crippen LogP) is 2.38. The summed E-state index contributed by atoms with van der Waals surface area (Å²) in [4.78, 5) is 24.7. The van der Waals surface area contributed by atoms with Crippen molar-refractivity contribution in [1.82, 2.24) is 0 Å². The number of carbonyl (C=O) groups is 2. The summed E-state index contributed by atoms with van der Waals surface area (Å²) in [6, 6.07) is 5.73. The van der Waals surface area contributed by atoms with Crippen LogP contribution in [0.1, 0.15) is 25.0 Å². The van der Waals surface area contributed by atoms with Gasteiger partial charge >= 0.3 is 5.97 Å². The van der Waals surface area contributed by atoms with Crippen molar-refractivity contribution in [2.75, 3.05) is 11.9 Å². The summed E-state index contributed by atoms with van der Waals surface area (Å²) in [5, 5.41) is 9.07. The molecule has 0 saturated carbocycles. The first-order valence-electron chi connectivity index (χ1n) is 5.76. The molecule has 4 nitrogen and oxygen atoms in total. The normalized spacial score (nSPS) is 11.2. The van der Waals surface area contributed by atoms with Gasteiger partial charge in [0, 0.05) is 12.7 Å². The molecule has 1 aromatic carbocycles. The van der Waals surface area contributed by atoms with Gasteiger partial charge in [-0.05, 0) is 51.0 Å². The van der Waals surface area contributed by atoms with Crippen molar-refractivity contribution in [3.8, 4) is 0 Å². The Balaban J connectivity index is 3.11. The number of hydrogen-bond donors (Lipinski definition) is 1. The molecule has 4 heteroatoms. The average Bonchev–Trinajstić information content (AvgIpc) is 2.25. The van der Waals surface area contributed by atoms with E-state index in [1.54, 1.807) is 7.05 Å². The van der Waals surface area contributed by atoms with E-state index in [1.165, 1.54) is 18.7 Å². The molecule has 18 heavy (non-hydrogen) atoms. The van der Waals surface area contributed by atoms with Crippen LogP contribution in [0.3, 0.4) is 0 Å². The SMILES string of the molecule is Cc1cc(C)cc(N(C)C(=O)C(C)(C)C(=O)O)c1. The van der Waals surface area contributed by atoms with Gasteiger partial charge in [0.2, 0.25) is 5.91 Å². The lowest BCUT2D eigenvalue weighted by Gasteiger charge is -2.26. The second-order valence-corrected chi connectivity index (χ2v) is 5.14. The number of carbonyl (C=O) groups excluding carboxylic acids is 1. The monoisotopic (exact) mass is 249 g/mol. The molecule has 0 aromatic heterocycles. The molecule has 1 rings (SSSR count). The van der Waals surface area contributed by atoms with Gasteiger partial charge in [-0.2, -0.15) is 0 Å². The van der Waals surface area contributed by atoms with E-state index in [9.17, 15) is 9.59 Å². The van der Waals surface area contributed by atoms with Crippen molar-refractivity contribution in [1.29, 1.82) is 0 Å². The first kappa shape index (κ1) is 14.2. The highest BCUT2D eigenvalue weighted by Gasteiger charge is 2.38. The van der Waals surface area contributed by atoms with Gasteiger partial charge in [-0.1, -0.05) is 6.07 Å². The lowest BCUT2D eigenvalue weighted by molar-refractivity contribution is -0.152. The first-order valence-corrected chi connectivity index (χ1v) is 5.76. The zero-order valence-electron chi connectivity index (χ0n) is 11.4. The van der Waals surface area contributed by atoms with E-state index in [0.717, 1.165) is 11.1 Å². The van der Waals surface area contributed by atoms with Gasteiger partial charge < -0.3 is 10.0 Å². The first-order chi connectivity index (χ1) is 8.16. The molecule has 0 aliphatic rings. The lowest BCUT2D eigenvalue weighted by Crippen LogP contribution is -2.43. The summed E-state index contributed by atoms with van der Waals surface area (Å²) in [5.74, 6) is -1.55. The molecular weight excluding hydrogens is 230 g/mol. The Labute approximate surface area is 107 Å². The summed E-state index contributed by atoms with van der Waals surface area (Å²) < 4.78 is 0. The number of rotatable bonds is 3. The van der Waals surface area contributed by atoms with E-state index in [-0.39, 0.29) is 0 Å². The van der Waals surface area contributed by atoms with Crippen LogP contribution in [0.5, 0.6) is 0 Å². The summed E-state index contributed by atoms with van der Waals surface area (Å²) in [6.07, 6.45) is 0. The fourth-order valence-electron chi connectivity index (χ4n) is 1.77. The quantitative estimate of drug-likeness (QED) is 0.837. The third-order valence-electron chi connectivity index (χ3n) is 2.97. The van der Waals surface area contributed by atoms with Crippen LogP contribution in [-0.2, 0) is 9.59 Å². The van der Waals surface area contributed by atoms with Crippen LogP contribution in [0.2, 0.25) is 0 Å². The van der Waals surface area contributed by atoms with Crippen molar-refractivity contribution in [3.05, 3.63) is 29.3 Å². The van der Waals surface area contributed by atoms with E-state index in [2.05, 4.69) is 0 Å². The maximum Gasteiger partial charge on any atom is 0.318 e. The smallest absolute Gasteiger partial charge is 0.318 e. The summed E-state index contributed by atoms with van der Waals surface area (Å²) in [5.41, 5.74) is 1.37. The standard InChI is InChI=1S/C14H19NO3/c1-9-6-10(2)8-11(7-9)15(5)12(16)14(3,4)13(17)18/h6-8H,1-5H3,(H,17,18). The molecule has 0 atom stereocenters. The maximum atomic E-state index is 12.2. The Morgan fingerprint density at radius 3 is 1.94 bits per heavy atom. The molecule has 98 valence electrons. The molecular formula is C14H19NO3. The van der Waals surface area contributed by atoms with Crippen molar-refractivity contribution in [2.24, 2.45) is 5.41 Å². The van der Waals surface area contributed by atoms with Gasteiger partial charge in [0.05, 0.1) is 0 Å². The van der Waals surface area contributed by atoms with Crippen LogP contribution < -0.4 is 4.90 Å². The molecule has 0 radical (unpaired) electrons. The zero-order valence-corrected chi connectivity index (χ0v) is 11.4. The van der Waals surface area contributed by atoms with E-state index in [4.69, 9.17) is 5.11 Å². The number of amides is 1. The number of carboxylic acid groups (broad SMARTS) is 1. The van der Waals surface area contributed by atoms with Crippen LogP contribution in [0.4, 0.5) is 5.69 Å². The van der Waals surface area contributed by atoms with E-state index < -0.39 is 17.3 Å². The highest BCUT2D eigenvalue weighted by atomic mass is 16.4. The van der Waals surface area contributed by atoms with Crippen molar-refractivity contribution in [2.45, 2.75) is 27.7 Å². The Kier molecular flexibility index (Phi) is 3.79. The van der Waals surface area contributed by atoms with Crippen molar-refractivity contribution < 1.29 is 14.7 Å². The Morgan fingerprint density at radius 1 is 1.11 bits per heavy atom. The fraction of sp³-hybridized carbons (Fsp3) is 0.429. The van der Waals surface area contributed by atoms with Gasteiger partial charge in [0.25, 0.3) is 0 Å². The summed E-state index contributed by atoms with van der Waals surface area (Å²) in [7, 11) is 1.60.